The van der Waals surface area contributed by atoms with Gasteiger partial charge in [0.1, 0.15) is 0 Å². The highest BCUT2D eigenvalue weighted by molar-refractivity contribution is 5.75. The number of hydrogen-bond donors (Lipinski definition) is 2. The van der Waals surface area contributed by atoms with Gasteiger partial charge >= 0.3 is 11.9 Å². The van der Waals surface area contributed by atoms with Crippen molar-refractivity contribution in [2.75, 3.05) is 6.61 Å². The molecule has 1 rings (SSSR count). The van der Waals surface area contributed by atoms with Gasteiger partial charge in [-0.25, -0.2) is 9.59 Å². The average molecular weight is 162 g/mol. The first-order valence-corrected chi connectivity index (χ1v) is 2.84. The third-order valence-corrected chi connectivity index (χ3v) is 1.16. The van der Waals surface area contributed by atoms with Crippen LogP contribution in [0.3, 0.4) is 0 Å². The summed E-state index contributed by atoms with van der Waals surface area (Å²) in [5.74, 6) is -2.53. The Kier molecular flexibility index (Phi) is 2.06. The van der Waals surface area contributed by atoms with Crippen molar-refractivity contribution in [1.29, 1.82) is 0 Å². The summed E-state index contributed by atoms with van der Waals surface area (Å²) < 4.78 is 8.95. The van der Waals surface area contributed by atoms with E-state index >= 15 is 0 Å². The summed E-state index contributed by atoms with van der Waals surface area (Å²) >= 11 is 0. The molecule has 0 aromatic rings. The van der Waals surface area contributed by atoms with Gasteiger partial charge in [-0.1, -0.05) is 0 Å². The van der Waals surface area contributed by atoms with Crippen LogP contribution in [0.15, 0.2) is 0 Å². The number of aliphatic carboxylic acids is 2. The lowest BCUT2D eigenvalue weighted by Gasteiger charge is -2.02. The van der Waals surface area contributed by atoms with Crippen LogP contribution in [0.4, 0.5) is 0 Å². The van der Waals surface area contributed by atoms with E-state index in [2.05, 4.69) is 9.47 Å². The molecule has 1 aliphatic rings. The summed E-state index contributed by atoms with van der Waals surface area (Å²) in [5, 5.41) is 16.6. The van der Waals surface area contributed by atoms with E-state index in [9.17, 15) is 9.59 Å². The zero-order chi connectivity index (χ0) is 8.43. The lowest BCUT2D eigenvalue weighted by Crippen LogP contribution is -2.25. The molecular weight excluding hydrogens is 156 g/mol. The fraction of sp³-hybridized carbons (Fsp3) is 0.600. The summed E-state index contributed by atoms with van der Waals surface area (Å²) in [5.41, 5.74) is 0. The summed E-state index contributed by atoms with van der Waals surface area (Å²) in [6.45, 7) is -0.216. The number of ether oxygens (including phenoxy) is 2. The van der Waals surface area contributed by atoms with Crippen LogP contribution in [-0.2, 0) is 19.1 Å². The van der Waals surface area contributed by atoms with Crippen LogP contribution in [0.5, 0.6) is 0 Å². The van der Waals surface area contributed by atoms with Gasteiger partial charge in [0.2, 0.25) is 0 Å². The molecule has 2 unspecified atom stereocenters. The SMILES string of the molecule is O=C(O)C1COC(C(=O)O)O1. The van der Waals surface area contributed by atoms with Crippen molar-refractivity contribution in [2.45, 2.75) is 12.4 Å². The maximum Gasteiger partial charge on any atom is 0.361 e. The summed E-state index contributed by atoms with van der Waals surface area (Å²) in [4.78, 5) is 20.3. The lowest BCUT2D eigenvalue weighted by atomic mass is 10.4. The van der Waals surface area contributed by atoms with Gasteiger partial charge in [0.25, 0.3) is 6.29 Å². The standard InChI is InChI=1S/C5H6O6/c6-3(7)2-1-10-5(11-2)4(8)9/h2,5H,1H2,(H,6,7)(H,8,9). The van der Waals surface area contributed by atoms with Crippen molar-refractivity contribution in [3.8, 4) is 0 Å². The molecular formula is C5H6O6. The average Bonchev–Trinajstić information content (AvgIpc) is 2.33. The van der Waals surface area contributed by atoms with Crippen LogP contribution < -0.4 is 0 Å². The molecule has 0 aromatic carbocycles. The molecule has 0 bridgehead atoms. The first-order chi connectivity index (χ1) is 5.11. The Morgan fingerprint density at radius 3 is 2.18 bits per heavy atom. The Bertz CT molecular complexity index is 167. The Balaban J connectivity index is 2.47. The number of carboxylic acid groups (broad SMARTS) is 2. The van der Waals surface area contributed by atoms with Crippen molar-refractivity contribution < 1.29 is 29.3 Å². The van der Waals surface area contributed by atoms with Crippen molar-refractivity contribution in [1.82, 2.24) is 0 Å². The van der Waals surface area contributed by atoms with Gasteiger partial charge in [0, 0.05) is 0 Å². The number of rotatable bonds is 2. The third-order valence-electron chi connectivity index (χ3n) is 1.16. The topological polar surface area (TPSA) is 93.1 Å². The maximum absolute atomic E-state index is 10.2. The van der Waals surface area contributed by atoms with E-state index in [0.717, 1.165) is 0 Å². The Morgan fingerprint density at radius 2 is 1.91 bits per heavy atom. The fourth-order valence-corrected chi connectivity index (χ4v) is 0.662. The van der Waals surface area contributed by atoms with E-state index in [0.29, 0.717) is 0 Å². The molecule has 0 aromatic heterocycles. The second-order valence-corrected chi connectivity index (χ2v) is 1.97. The molecule has 1 heterocycles. The molecule has 1 aliphatic heterocycles. The number of carbonyl (C=O) groups is 2. The van der Waals surface area contributed by atoms with Crippen LogP contribution >= 0.6 is 0 Å². The van der Waals surface area contributed by atoms with Crippen LogP contribution in [0.25, 0.3) is 0 Å². The Hall–Kier alpha value is -1.14. The molecule has 0 saturated carbocycles. The van der Waals surface area contributed by atoms with E-state index in [1.54, 1.807) is 0 Å². The van der Waals surface area contributed by atoms with Crippen molar-refractivity contribution >= 4 is 11.9 Å². The molecule has 6 nitrogen and oxygen atoms in total. The highest BCUT2D eigenvalue weighted by Crippen LogP contribution is 2.11. The van der Waals surface area contributed by atoms with Crippen LogP contribution in [0.1, 0.15) is 0 Å². The predicted octanol–water partition coefficient (Wildman–Crippen LogP) is -1.10. The third kappa shape index (κ3) is 1.66. The van der Waals surface area contributed by atoms with Gasteiger partial charge < -0.3 is 19.7 Å². The monoisotopic (exact) mass is 162 g/mol. The maximum atomic E-state index is 10.2. The number of carboxylic acids is 2. The molecule has 11 heavy (non-hydrogen) atoms. The minimum atomic E-state index is -1.43. The molecule has 0 spiro atoms. The molecule has 0 aliphatic carbocycles. The molecule has 1 fully saturated rings. The van der Waals surface area contributed by atoms with Crippen LogP contribution in [0, 0.1) is 0 Å². The van der Waals surface area contributed by atoms with E-state index in [-0.39, 0.29) is 6.61 Å². The van der Waals surface area contributed by atoms with E-state index in [1.807, 2.05) is 0 Å². The van der Waals surface area contributed by atoms with Crippen molar-refractivity contribution in [2.24, 2.45) is 0 Å². The summed E-state index contributed by atoms with van der Waals surface area (Å²) in [6.07, 6.45) is -2.59. The summed E-state index contributed by atoms with van der Waals surface area (Å²) in [6, 6.07) is 0. The highest BCUT2D eigenvalue weighted by Gasteiger charge is 2.35. The van der Waals surface area contributed by atoms with Gasteiger partial charge in [0.15, 0.2) is 6.10 Å². The lowest BCUT2D eigenvalue weighted by molar-refractivity contribution is -0.170. The molecule has 6 heteroatoms. The van der Waals surface area contributed by atoms with E-state index < -0.39 is 24.3 Å². The van der Waals surface area contributed by atoms with E-state index in [4.69, 9.17) is 10.2 Å². The Labute approximate surface area is 61.3 Å². The van der Waals surface area contributed by atoms with Gasteiger partial charge in [-0.05, 0) is 0 Å². The highest BCUT2D eigenvalue weighted by atomic mass is 16.7. The first kappa shape index (κ1) is 7.96. The quantitative estimate of drug-likeness (QED) is 0.535. The van der Waals surface area contributed by atoms with Crippen molar-refractivity contribution in [3.05, 3.63) is 0 Å². The van der Waals surface area contributed by atoms with Gasteiger partial charge in [-0.15, -0.1) is 0 Å². The molecule has 0 radical (unpaired) electrons. The van der Waals surface area contributed by atoms with Crippen LogP contribution in [-0.4, -0.2) is 41.2 Å². The number of hydrogen-bond acceptors (Lipinski definition) is 4. The van der Waals surface area contributed by atoms with Gasteiger partial charge in [-0.2, -0.15) is 0 Å². The largest absolute Gasteiger partial charge is 0.479 e. The molecule has 1 saturated heterocycles. The van der Waals surface area contributed by atoms with Gasteiger partial charge in [0.05, 0.1) is 6.61 Å². The fourth-order valence-electron chi connectivity index (χ4n) is 0.662. The van der Waals surface area contributed by atoms with E-state index in [1.165, 1.54) is 0 Å². The predicted molar refractivity (Wildman–Crippen MR) is 29.9 cm³/mol. The normalized spacial score (nSPS) is 30.2. The smallest absolute Gasteiger partial charge is 0.361 e. The second-order valence-electron chi connectivity index (χ2n) is 1.97. The molecule has 62 valence electrons. The molecule has 2 atom stereocenters. The van der Waals surface area contributed by atoms with Gasteiger partial charge in [-0.3, -0.25) is 0 Å². The first-order valence-electron chi connectivity index (χ1n) is 2.84. The second kappa shape index (κ2) is 2.85. The summed E-state index contributed by atoms with van der Waals surface area (Å²) in [7, 11) is 0. The molecule has 2 N–H and O–H groups in total. The van der Waals surface area contributed by atoms with Crippen LogP contribution in [0.2, 0.25) is 0 Å². The zero-order valence-electron chi connectivity index (χ0n) is 5.39. The Morgan fingerprint density at radius 1 is 1.27 bits per heavy atom. The van der Waals surface area contributed by atoms with Crippen molar-refractivity contribution in [3.63, 3.8) is 0 Å². The zero-order valence-corrected chi connectivity index (χ0v) is 5.39. The minimum Gasteiger partial charge on any atom is -0.479 e. The molecule has 0 amide bonds. The minimum absolute atomic E-state index is 0.216.